The first-order chi connectivity index (χ1) is 10.2. The molecule has 2 rings (SSSR count). The molecular weight excluding hydrogens is 261 g/mol. The van der Waals surface area contributed by atoms with Gasteiger partial charge in [-0.15, -0.1) is 0 Å². The lowest BCUT2D eigenvalue weighted by Crippen LogP contribution is -2.34. The van der Waals surface area contributed by atoms with E-state index in [9.17, 15) is 4.39 Å². The van der Waals surface area contributed by atoms with E-state index in [1.807, 2.05) is 12.1 Å². The summed E-state index contributed by atoms with van der Waals surface area (Å²) in [4.78, 5) is 0. The highest BCUT2D eigenvalue weighted by Crippen LogP contribution is 2.37. The number of hydrogen-bond donors (Lipinski definition) is 1. The van der Waals surface area contributed by atoms with Gasteiger partial charge in [-0.25, -0.2) is 4.39 Å². The minimum atomic E-state index is -0.130. The van der Waals surface area contributed by atoms with E-state index in [1.165, 1.54) is 37.7 Å². The highest BCUT2D eigenvalue weighted by Gasteiger charge is 2.29. The van der Waals surface area contributed by atoms with E-state index in [0.717, 1.165) is 37.3 Å². The molecule has 3 atom stereocenters. The first-order valence-electron chi connectivity index (χ1n) is 8.68. The van der Waals surface area contributed by atoms with Crippen molar-refractivity contribution in [2.75, 3.05) is 13.1 Å². The minimum absolute atomic E-state index is 0.130. The van der Waals surface area contributed by atoms with Gasteiger partial charge < -0.3 is 5.32 Å². The number of nitrogens with one attached hydrogen (secondary N) is 1. The molecule has 3 unspecified atom stereocenters. The Kier molecular flexibility index (Phi) is 6.69. The van der Waals surface area contributed by atoms with E-state index in [0.29, 0.717) is 0 Å². The molecule has 1 aliphatic rings. The molecule has 0 amide bonds. The van der Waals surface area contributed by atoms with Crippen molar-refractivity contribution < 1.29 is 4.39 Å². The molecule has 0 radical (unpaired) electrons. The molecular formula is C19H30FN. The number of hydrogen-bond acceptors (Lipinski definition) is 1. The maximum atomic E-state index is 13.1. The summed E-state index contributed by atoms with van der Waals surface area (Å²) in [6, 6.07) is 7.11. The molecule has 1 aromatic rings. The van der Waals surface area contributed by atoms with Crippen LogP contribution in [0, 0.1) is 23.6 Å². The standard InChI is InChI=1S/C19H30FN/c1-3-11-21-14-17-8-5-15(4-2)12-18(17)13-16-6-9-19(20)10-7-16/h6-7,9-10,15,17-18,21H,3-5,8,11-14H2,1-2H3. The quantitative estimate of drug-likeness (QED) is 0.711. The summed E-state index contributed by atoms with van der Waals surface area (Å²) in [6.07, 6.45) is 7.68. The highest BCUT2D eigenvalue weighted by atomic mass is 19.1. The van der Waals surface area contributed by atoms with Crippen molar-refractivity contribution in [1.29, 1.82) is 0 Å². The number of benzene rings is 1. The second-order valence-electron chi connectivity index (χ2n) is 6.64. The van der Waals surface area contributed by atoms with Crippen molar-refractivity contribution in [3.05, 3.63) is 35.6 Å². The van der Waals surface area contributed by atoms with Crippen LogP contribution in [0.4, 0.5) is 4.39 Å². The summed E-state index contributed by atoms with van der Waals surface area (Å²) in [5.74, 6) is 2.29. The molecule has 1 aromatic carbocycles. The monoisotopic (exact) mass is 291 g/mol. The molecule has 1 aliphatic carbocycles. The molecule has 0 heterocycles. The van der Waals surface area contributed by atoms with Crippen LogP contribution in [0.15, 0.2) is 24.3 Å². The van der Waals surface area contributed by atoms with Crippen molar-refractivity contribution in [2.45, 2.75) is 52.4 Å². The molecule has 1 nitrogen and oxygen atoms in total. The van der Waals surface area contributed by atoms with E-state index in [2.05, 4.69) is 19.2 Å². The Morgan fingerprint density at radius 3 is 2.52 bits per heavy atom. The van der Waals surface area contributed by atoms with Gasteiger partial charge in [0, 0.05) is 0 Å². The summed E-state index contributed by atoms with van der Waals surface area (Å²) in [7, 11) is 0. The van der Waals surface area contributed by atoms with Gasteiger partial charge in [0.25, 0.3) is 0 Å². The molecule has 21 heavy (non-hydrogen) atoms. The maximum Gasteiger partial charge on any atom is 0.123 e. The number of halogens is 1. The second kappa shape index (κ2) is 8.53. The van der Waals surface area contributed by atoms with E-state index < -0.39 is 0 Å². The molecule has 0 saturated heterocycles. The average Bonchev–Trinajstić information content (AvgIpc) is 2.51. The maximum absolute atomic E-state index is 13.1. The van der Waals surface area contributed by atoms with Gasteiger partial charge in [0.15, 0.2) is 0 Å². The average molecular weight is 291 g/mol. The van der Waals surface area contributed by atoms with Crippen LogP contribution >= 0.6 is 0 Å². The fourth-order valence-corrected chi connectivity index (χ4v) is 3.70. The molecule has 1 saturated carbocycles. The van der Waals surface area contributed by atoms with Gasteiger partial charge >= 0.3 is 0 Å². The SMILES string of the molecule is CCCNCC1CCC(CC)CC1Cc1ccc(F)cc1. The molecule has 1 N–H and O–H groups in total. The molecule has 2 heteroatoms. The third-order valence-electron chi connectivity index (χ3n) is 5.07. The van der Waals surface area contributed by atoms with Crippen LogP contribution in [0.5, 0.6) is 0 Å². The zero-order valence-electron chi connectivity index (χ0n) is 13.6. The van der Waals surface area contributed by atoms with Crippen molar-refractivity contribution in [2.24, 2.45) is 17.8 Å². The Labute approximate surface area is 129 Å². The summed E-state index contributed by atoms with van der Waals surface area (Å²) in [5, 5.41) is 3.60. The number of rotatable bonds is 7. The van der Waals surface area contributed by atoms with Gasteiger partial charge in [0.05, 0.1) is 0 Å². The van der Waals surface area contributed by atoms with Gasteiger partial charge in [-0.1, -0.05) is 38.8 Å². The summed E-state index contributed by atoms with van der Waals surface area (Å²) >= 11 is 0. The van der Waals surface area contributed by atoms with Crippen molar-refractivity contribution in [3.8, 4) is 0 Å². The van der Waals surface area contributed by atoms with Crippen LogP contribution in [0.3, 0.4) is 0 Å². The van der Waals surface area contributed by atoms with E-state index in [4.69, 9.17) is 0 Å². The lowest BCUT2D eigenvalue weighted by Gasteiger charge is -2.36. The van der Waals surface area contributed by atoms with Gasteiger partial charge in [-0.3, -0.25) is 0 Å². The summed E-state index contributed by atoms with van der Waals surface area (Å²) in [6.45, 7) is 6.80. The zero-order chi connectivity index (χ0) is 15.1. The van der Waals surface area contributed by atoms with Crippen molar-refractivity contribution in [3.63, 3.8) is 0 Å². The Morgan fingerprint density at radius 1 is 1.10 bits per heavy atom. The normalized spacial score (nSPS) is 26.0. The zero-order valence-corrected chi connectivity index (χ0v) is 13.6. The molecule has 0 spiro atoms. The Hall–Kier alpha value is -0.890. The lowest BCUT2D eigenvalue weighted by molar-refractivity contribution is 0.171. The first kappa shape index (κ1) is 16.5. The van der Waals surface area contributed by atoms with Gasteiger partial charge in [-0.2, -0.15) is 0 Å². The van der Waals surface area contributed by atoms with Crippen LogP contribution in [0.2, 0.25) is 0 Å². The lowest BCUT2D eigenvalue weighted by atomic mass is 9.71. The Bertz CT molecular complexity index is 399. The van der Waals surface area contributed by atoms with Crippen LogP contribution in [-0.2, 0) is 6.42 Å². The largest absolute Gasteiger partial charge is 0.316 e. The molecule has 0 aromatic heterocycles. The van der Waals surface area contributed by atoms with E-state index in [1.54, 1.807) is 12.1 Å². The van der Waals surface area contributed by atoms with Gasteiger partial charge in [0.1, 0.15) is 5.82 Å². The van der Waals surface area contributed by atoms with Gasteiger partial charge in [0.2, 0.25) is 0 Å². The Morgan fingerprint density at radius 2 is 1.86 bits per heavy atom. The van der Waals surface area contributed by atoms with Crippen LogP contribution in [0.25, 0.3) is 0 Å². The predicted molar refractivity (Wildman–Crippen MR) is 87.9 cm³/mol. The summed E-state index contributed by atoms with van der Waals surface area (Å²) in [5.41, 5.74) is 1.29. The minimum Gasteiger partial charge on any atom is -0.316 e. The third-order valence-corrected chi connectivity index (χ3v) is 5.07. The molecule has 0 bridgehead atoms. The van der Waals surface area contributed by atoms with E-state index >= 15 is 0 Å². The van der Waals surface area contributed by atoms with Crippen LogP contribution < -0.4 is 5.32 Å². The van der Waals surface area contributed by atoms with Crippen molar-refractivity contribution >= 4 is 0 Å². The topological polar surface area (TPSA) is 12.0 Å². The van der Waals surface area contributed by atoms with Crippen LogP contribution in [0.1, 0.15) is 51.5 Å². The summed E-state index contributed by atoms with van der Waals surface area (Å²) < 4.78 is 13.1. The second-order valence-corrected chi connectivity index (χ2v) is 6.64. The molecule has 1 fully saturated rings. The predicted octanol–water partition coefficient (Wildman–Crippen LogP) is 4.81. The van der Waals surface area contributed by atoms with Crippen molar-refractivity contribution in [1.82, 2.24) is 5.32 Å². The molecule has 118 valence electrons. The Balaban J connectivity index is 1.96. The smallest absolute Gasteiger partial charge is 0.123 e. The first-order valence-corrected chi connectivity index (χ1v) is 8.68. The van der Waals surface area contributed by atoms with Crippen LogP contribution in [-0.4, -0.2) is 13.1 Å². The van der Waals surface area contributed by atoms with E-state index in [-0.39, 0.29) is 5.82 Å². The highest BCUT2D eigenvalue weighted by molar-refractivity contribution is 5.17. The molecule has 0 aliphatic heterocycles. The third kappa shape index (κ3) is 5.10. The fraction of sp³-hybridized carbons (Fsp3) is 0.684. The van der Waals surface area contributed by atoms with Gasteiger partial charge in [-0.05, 0) is 74.2 Å². The fourth-order valence-electron chi connectivity index (χ4n) is 3.70.